The molecule has 4 heteroatoms. The van der Waals surface area contributed by atoms with E-state index < -0.39 is 0 Å². The molecule has 0 aromatic rings. The van der Waals surface area contributed by atoms with Gasteiger partial charge in [-0.3, -0.25) is 0 Å². The Morgan fingerprint density at radius 3 is 3.07 bits per heavy atom. The van der Waals surface area contributed by atoms with Gasteiger partial charge in [-0.05, 0) is 19.8 Å². The molecule has 1 heterocycles. The predicted octanol–water partition coefficient (Wildman–Crippen LogP) is 1.88. The summed E-state index contributed by atoms with van der Waals surface area (Å²) in [6, 6.07) is 0. The number of hydrogen-bond donors (Lipinski definition) is 0. The maximum absolute atomic E-state index is 11.2. The summed E-state index contributed by atoms with van der Waals surface area (Å²) in [4.78, 5) is 16.4. The lowest BCUT2D eigenvalue weighted by Crippen LogP contribution is -2.18. The lowest BCUT2D eigenvalue weighted by molar-refractivity contribution is -0.135. The van der Waals surface area contributed by atoms with Crippen molar-refractivity contribution in [1.82, 2.24) is 0 Å². The van der Waals surface area contributed by atoms with Crippen LogP contribution >= 0.6 is 0 Å². The Bertz CT molecular complexity index is 225. The van der Waals surface area contributed by atoms with Gasteiger partial charge in [-0.2, -0.15) is 0 Å². The Balaban J connectivity index is 2.28. The standard InChI is InChI=1S/C10H17NO3/c1-3-5-6-8-7-9(11-14-8)10(12)13-4-2/h8H,3-7H2,1-2H3. The number of ether oxygens (including phenoxy) is 1. The second kappa shape index (κ2) is 5.62. The van der Waals surface area contributed by atoms with Gasteiger partial charge < -0.3 is 9.57 Å². The quantitative estimate of drug-likeness (QED) is 0.635. The van der Waals surface area contributed by atoms with E-state index in [0.717, 1.165) is 19.3 Å². The Morgan fingerprint density at radius 1 is 1.64 bits per heavy atom. The molecule has 0 aliphatic carbocycles. The van der Waals surface area contributed by atoms with Crippen LogP contribution < -0.4 is 0 Å². The largest absolute Gasteiger partial charge is 0.461 e. The summed E-state index contributed by atoms with van der Waals surface area (Å²) in [6.45, 7) is 4.29. The minimum Gasteiger partial charge on any atom is -0.461 e. The fourth-order valence-electron chi connectivity index (χ4n) is 1.35. The van der Waals surface area contributed by atoms with Gasteiger partial charge in [-0.25, -0.2) is 4.79 Å². The number of esters is 1. The number of rotatable bonds is 5. The van der Waals surface area contributed by atoms with E-state index in [9.17, 15) is 4.79 Å². The first kappa shape index (κ1) is 11.0. The lowest BCUT2D eigenvalue weighted by Gasteiger charge is -2.05. The maximum Gasteiger partial charge on any atom is 0.356 e. The van der Waals surface area contributed by atoms with Crippen LogP contribution in [-0.2, 0) is 14.4 Å². The molecular weight excluding hydrogens is 182 g/mol. The first-order chi connectivity index (χ1) is 6.77. The van der Waals surface area contributed by atoms with E-state index in [2.05, 4.69) is 12.1 Å². The number of oxime groups is 1. The average molecular weight is 199 g/mol. The highest BCUT2D eigenvalue weighted by Gasteiger charge is 2.26. The molecule has 0 saturated heterocycles. The monoisotopic (exact) mass is 199 g/mol. The van der Waals surface area contributed by atoms with Gasteiger partial charge in [-0.15, -0.1) is 0 Å². The van der Waals surface area contributed by atoms with Crippen LogP contribution in [0.4, 0.5) is 0 Å². The van der Waals surface area contributed by atoms with Crippen LogP contribution in [0.5, 0.6) is 0 Å². The summed E-state index contributed by atoms with van der Waals surface area (Å²) in [6.07, 6.45) is 3.88. The van der Waals surface area contributed by atoms with Crippen molar-refractivity contribution in [3.63, 3.8) is 0 Å². The van der Waals surface area contributed by atoms with Crippen molar-refractivity contribution in [2.75, 3.05) is 6.61 Å². The summed E-state index contributed by atoms with van der Waals surface area (Å²) in [5.41, 5.74) is 0.424. The first-order valence-corrected chi connectivity index (χ1v) is 5.17. The molecule has 1 aliphatic rings. The predicted molar refractivity (Wildman–Crippen MR) is 53.1 cm³/mol. The summed E-state index contributed by atoms with van der Waals surface area (Å²) in [5, 5.41) is 3.73. The Hall–Kier alpha value is -1.06. The van der Waals surface area contributed by atoms with Crippen molar-refractivity contribution in [2.45, 2.75) is 45.6 Å². The summed E-state index contributed by atoms with van der Waals surface area (Å²) >= 11 is 0. The molecule has 0 N–H and O–H groups in total. The molecular formula is C10H17NO3. The van der Waals surface area contributed by atoms with Crippen molar-refractivity contribution < 1.29 is 14.4 Å². The fraction of sp³-hybridized carbons (Fsp3) is 0.800. The van der Waals surface area contributed by atoms with Crippen LogP contribution in [0.1, 0.15) is 39.5 Å². The highest BCUT2D eigenvalue weighted by molar-refractivity contribution is 6.36. The Morgan fingerprint density at radius 2 is 2.43 bits per heavy atom. The molecule has 1 unspecified atom stereocenters. The van der Waals surface area contributed by atoms with Crippen molar-refractivity contribution in [1.29, 1.82) is 0 Å². The molecule has 0 amide bonds. The van der Waals surface area contributed by atoms with Crippen LogP contribution in [0.15, 0.2) is 5.16 Å². The van der Waals surface area contributed by atoms with E-state index in [1.54, 1.807) is 6.92 Å². The highest BCUT2D eigenvalue weighted by Crippen LogP contribution is 2.16. The van der Waals surface area contributed by atoms with Gasteiger partial charge >= 0.3 is 5.97 Å². The maximum atomic E-state index is 11.2. The molecule has 0 spiro atoms. The van der Waals surface area contributed by atoms with E-state index in [1.165, 1.54) is 0 Å². The fourth-order valence-corrected chi connectivity index (χ4v) is 1.35. The molecule has 1 aliphatic heterocycles. The van der Waals surface area contributed by atoms with Gasteiger partial charge in [0.1, 0.15) is 6.10 Å². The van der Waals surface area contributed by atoms with Gasteiger partial charge in [-0.1, -0.05) is 18.5 Å². The molecule has 0 fully saturated rings. The number of carbonyl (C=O) groups excluding carboxylic acids is 1. The molecule has 0 aromatic carbocycles. The third-order valence-corrected chi connectivity index (χ3v) is 2.12. The highest BCUT2D eigenvalue weighted by atomic mass is 16.6. The molecule has 0 saturated carbocycles. The van der Waals surface area contributed by atoms with Crippen molar-refractivity contribution in [3.05, 3.63) is 0 Å². The third-order valence-electron chi connectivity index (χ3n) is 2.12. The normalized spacial score (nSPS) is 20.1. The minimum atomic E-state index is -0.341. The molecule has 0 radical (unpaired) electrons. The van der Waals surface area contributed by atoms with Crippen LogP contribution in [0.2, 0.25) is 0 Å². The van der Waals surface area contributed by atoms with Crippen molar-refractivity contribution in [3.8, 4) is 0 Å². The minimum absolute atomic E-state index is 0.0781. The Kier molecular flexibility index (Phi) is 4.43. The van der Waals surface area contributed by atoms with E-state index in [4.69, 9.17) is 9.57 Å². The molecule has 0 aromatic heterocycles. The average Bonchev–Trinajstić information content (AvgIpc) is 2.63. The zero-order valence-corrected chi connectivity index (χ0v) is 8.78. The first-order valence-electron chi connectivity index (χ1n) is 5.17. The molecule has 4 nitrogen and oxygen atoms in total. The van der Waals surface area contributed by atoms with Gasteiger partial charge in [0, 0.05) is 6.42 Å². The molecule has 0 bridgehead atoms. The molecule has 1 atom stereocenters. The number of unbranched alkanes of at least 4 members (excludes halogenated alkanes) is 1. The summed E-state index contributed by atoms with van der Waals surface area (Å²) in [7, 11) is 0. The van der Waals surface area contributed by atoms with E-state index in [0.29, 0.717) is 18.7 Å². The van der Waals surface area contributed by atoms with E-state index in [1.807, 2.05) is 0 Å². The second-order valence-electron chi connectivity index (χ2n) is 3.33. The summed E-state index contributed by atoms with van der Waals surface area (Å²) in [5.74, 6) is -0.341. The third kappa shape index (κ3) is 3.01. The molecule has 14 heavy (non-hydrogen) atoms. The Labute approximate surface area is 84.3 Å². The SMILES string of the molecule is CCCCC1CC(C(=O)OCC)=NO1. The number of nitrogens with zero attached hydrogens (tertiary/aromatic N) is 1. The van der Waals surface area contributed by atoms with Crippen LogP contribution in [0, 0.1) is 0 Å². The van der Waals surface area contributed by atoms with Crippen molar-refractivity contribution in [2.24, 2.45) is 5.16 Å². The van der Waals surface area contributed by atoms with E-state index in [-0.39, 0.29) is 12.1 Å². The smallest absolute Gasteiger partial charge is 0.356 e. The van der Waals surface area contributed by atoms with E-state index >= 15 is 0 Å². The van der Waals surface area contributed by atoms with Gasteiger partial charge in [0.15, 0.2) is 5.71 Å². The molecule has 80 valence electrons. The topological polar surface area (TPSA) is 47.9 Å². The second-order valence-corrected chi connectivity index (χ2v) is 3.33. The zero-order valence-electron chi connectivity index (χ0n) is 8.78. The van der Waals surface area contributed by atoms with Gasteiger partial charge in [0.05, 0.1) is 6.61 Å². The van der Waals surface area contributed by atoms with Gasteiger partial charge in [0.25, 0.3) is 0 Å². The number of carbonyl (C=O) groups is 1. The lowest BCUT2D eigenvalue weighted by atomic mass is 10.1. The molecule has 1 rings (SSSR count). The van der Waals surface area contributed by atoms with Gasteiger partial charge in [0.2, 0.25) is 0 Å². The number of hydrogen-bond acceptors (Lipinski definition) is 4. The summed E-state index contributed by atoms with van der Waals surface area (Å²) < 4.78 is 4.83. The van der Waals surface area contributed by atoms with Crippen molar-refractivity contribution >= 4 is 11.7 Å². The van der Waals surface area contributed by atoms with Crippen LogP contribution in [0.3, 0.4) is 0 Å². The van der Waals surface area contributed by atoms with Crippen LogP contribution in [-0.4, -0.2) is 24.4 Å². The van der Waals surface area contributed by atoms with Crippen LogP contribution in [0.25, 0.3) is 0 Å². The zero-order chi connectivity index (χ0) is 10.4.